The van der Waals surface area contributed by atoms with Crippen molar-refractivity contribution in [2.24, 2.45) is 0 Å². The molecule has 10 heteroatoms. The highest BCUT2D eigenvalue weighted by Crippen LogP contribution is 2.37. The maximum absolute atomic E-state index is 12.2. The molecule has 0 spiro atoms. The van der Waals surface area contributed by atoms with Crippen LogP contribution in [-0.4, -0.2) is 55.1 Å². The number of anilines is 1. The van der Waals surface area contributed by atoms with E-state index in [0.717, 1.165) is 45.4 Å². The molecule has 5 rings (SSSR count). The van der Waals surface area contributed by atoms with Crippen LogP contribution in [-0.2, 0) is 0 Å². The molecule has 0 aliphatic carbocycles. The van der Waals surface area contributed by atoms with E-state index in [0.29, 0.717) is 31.1 Å². The summed E-state index contributed by atoms with van der Waals surface area (Å²) in [6, 6.07) is 7.84. The number of hydrogen-bond donors (Lipinski definition) is 2. The fourth-order valence-electron chi connectivity index (χ4n) is 4.34. The number of carbonyl (C=O) groups excluding carboxylic acids is 1. The molecule has 9 nitrogen and oxygen atoms in total. The quantitative estimate of drug-likeness (QED) is 0.418. The van der Waals surface area contributed by atoms with Crippen LogP contribution in [0.2, 0.25) is 0 Å². The second-order valence-corrected chi connectivity index (χ2v) is 9.05. The van der Waals surface area contributed by atoms with Gasteiger partial charge in [0.2, 0.25) is 0 Å². The van der Waals surface area contributed by atoms with Crippen LogP contribution >= 0.6 is 15.9 Å². The second-order valence-electron chi connectivity index (χ2n) is 8.26. The summed E-state index contributed by atoms with van der Waals surface area (Å²) in [6.07, 6.45) is 8.77. The number of aromatic nitrogens is 5. The summed E-state index contributed by atoms with van der Waals surface area (Å²) in [5.74, 6) is 0.707. The Morgan fingerprint density at radius 3 is 2.68 bits per heavy atom. The predicted octanol–water partition coefficient (Wildman–Crippen LogP) is 4.11. The third-order valence-electron chi connectivity index (χ3n) is 6.18. The zero-order valence-electron chi connectivity index (χ0n) is 18.8. The van der Waals surface area contributed by atoms with Gasteiger partial charge in [0, 0.05) is 60.8 Å². The molecule has 4 aromatic rings. The molecule has 1 saturated heterocycles. The zero-order chi connectivity index (χ0) is 23.7. The Labute approximate surface area is 205 Å². The van der Waals surface area contributed by atoms with E-state index in [-0.39, 0.29) is 11.9 Å². The minimum atomic E-state index is -0.0109. The number of rotatable bonds is 4. The molecular formula is C24H25BrN8O. The molecule has 1 fully saturated rings. The van der Waals surface area contributed by atoms with Crippen molar-refractivity contribution in [1.82, 2.24) is 34.8 Å². The number of nitrogens with zero attached hydrogens (tertiary/aromatic N) is 6. The van der Waals surface area contributed by atoms with E-state index in [1.54, 1.807) is 23.1 Å². The van der Waals surface area contributed by atoms with Gasteiger partial charge in [0.25, 0.3) is 0 Å². The maximum Gasteiger partial charge on any atom is 0.317 e. The number of urea groups is 1. The third kappa shape index (κ3) is 4.09. The average molecular weight is 521 g/mol. The Morgan fingerprint density at radius 1 is 1.18 bits per heavy atom. The first kappa shape index (κ1) is 22.3. The van der Waals surface area contributed by atoms with Crippen molar-refractivity contribution >= 4 is 33.4 Å². The van der Waals surface area contributed by atoms with Crippen LogP contribution in [0, 0.1) is 0 Å². The Morgan fingerprint density at radius 2 is 2.00 bits per heavy atom. The van der Waals surface area contributed by atoms with Gasteiger partial charge in [0.1, 0.15) is 5.82 Å². The summed E-state index contributed by atoms with van der Waals surface area (Å²) in [5, 5.41) is 7.35. The molecule has 0 radical (unpaired) electrons. The molecule has 34 heavy (non-hydrogen) atoms. The number of nitrogens with one attached hydrogen (secondary N) is 1. The van der Waals surface area contributed by atoms with Crippen LogP contribution in [0.4, 0.5) is 10.6 Å². The molecule has 0 bridgehead atoms. The number of piperidine rings is 1. The van der Waals surface area contributed by atoms with E-state index in [1.807, 2.05) is 42.3 Å². The van der Waals surface area contributed by atoms with Gasteiger partial charge in [-0.1, -0.05) is 6.07 Å². The average Bonchev–Trinajstić information content (AvgIpc) is 3.31. The molecule has 0 unspecified atom stereocenters. The standard InChI is InChI=1S/C24H25BrN8O/c1-2-28-24(34)32-10-7-15(8-11-32)21-20(25)22(26)33-23(31-21)18(14-30-33)16-5-6-19(29-13-16)17-4-3-9-27-12-17/h3-6,9,12-15H,2,7-8,10-11,26H2,1H3,(H,28,34). The Hall–Kier alpha value is -3.53. The van der Waals surface area contributed by atoms with E-state index in [4.69, 9.17) is 10.7 Å². The number of halogens is 1. The Bertz CT molecular complexity index is 1310. The lowest BCUT2D eigenvalue weighted by atomic mass is 9.93. The molecule has 0 aromatic carbocycles. The van der Waals surface area contributed by atoms with Gasteiger partial charge in [0.05, 0.1) is 22.1 Å². The topological polar surface area (TPSA) is 114 Å². The van der Waals surface area contributed by atoms with E-state index < -0.39 is 0 Å². The van der Waals surface area contributed by atoms with E-state index >= 15 is 0 Å². The number of likely N-dealkylation sites (tertiary alicyclic amines) is 1. The first-order chi connectivity index (χ1) is 16.6. The van der Waals surface area contributed by atoms with Gasteiger partial charge >= 0.3 is 6.03 Å². The molecule has 3 N–H and O–H groups in total. The van der Waals surface area contributed by atoms with Crippen molar-refractivity contribution in [2.45, 2.75) is 25.7 Å². The third-order valence-corrected chi connectivity index (χ3v) is 6.99. The Balaban J connectivity index is 1.45. The minimum Gasteiger partial charge on any atom is -0.383 e. The summed E-state index contributed by atoms with van der Waals surface area (Å²) in [7, 11) is 0. The summed E-state index contributed by atoms with van der Waals surface area (Å²) in [5.41, 5.74) is 11.6. The monoisotopic (exact) mass is 520 g/mol. The van der Waals surface area contributed by atoms with E-state index in [1.165, 1.54) is 0 Å². The molecule has 0 atom stereocenters. The van der Waals surface area contributed by atoms with Crippen molar-refractivity contribution in [3.8, 4) is 22.4 Å². The minimum absolute atomic E-state index is 0.0109. The highest BCUT2D eigenvalue weighted by Gasteiger charge is 2.28. The fraction of sp³-hybridized carbons (Fsp3) is 0.292. The SMILES string of the molecule is CCNC(=O)N1CCC(c2nc3c(-c4ccc(-c5cccnc5)nc4)cnn3c(N)c2Br)CC1. The van der Waals surface area contributed by atoms with Gasteiger partial charge in [-0.25, -0.2) is 9.78 Å². The second kappa shape index (κ2) is 9.38. The van der Waals surface area contributed by atoms with Crippen LogP contribution in [0.5, 0.6) is 0 Å². The smallest absolute Gasteiger partial charge is 0.317 e. The maximum atomic E-state index is 12.2. The molecule has 5 heterocycles. The van der Waals surface area contributed by atoms with Gasteiger partial charge in [-0.2, -0.15) is 9.61 Å². The van der Waals surface area contributed by atoms with Crippen molar-refractivity contribution in [1.29, 1.82) is 0 Å². The lowest BCUT2D eigenvalue weighted by Crippen LogP contribution is -2.44. The Kier molecular flexibility index (Phi) is 6.14. The number of fused-ring (bicyclic) bond motifs is 1. The van der Waals surface area contributed by atoms with Crippen LogP contribution in [0.25, 0.3) is 28.0 Å². The van der Waals surface area contributed by atoms with Gasteiger partial charge in [-0.15, -0.1) is 0 Å². The van der Waals surface area contributed by atoms with Gasteiger partial charge in [0.15, 0.2) is 5.65 Å². The number of pyridine rings is 2. The van der Waals surface area contributed by atoms with Crippen molar-refractivity contribution < 1.29 is 4.79 Å². The number of amides is 2. The lowest BCUT2D eigenvalue weighted by Gasteiger charge is -2.32. The fourth-order valence-corrected chi connectivity index (χ4v) is 4.92. The largest absolute Gasteiger partial charge is 0.383 e. The van der Waals surface area contributed by atoms with E-state index in [2.05, 4.69) is 36.3 Å². The van der Waals surface area contributed by atoms with Crippen molar-refractivity contribution in [3.05, 3.63) is 59.2 Å². The molecule has 1 aliphatic rings. The summed E-state index contributed by atoms with van der Waals surface area (Å²) >= 11 is 3.65. The van der Waals surface area contributed by atoms with Crippen molar-refractivity contribution in [2.75, 3.05) is 25.4 Å². The molecule has 0 saturated carbocycles. The normalized spacial score (nSPS) is 14.5. The van der Waals surface area contributed by atoms with Crippen LogP contribution in [0.3, 0.4) is 0 Å². The number of nitrogen functional groups attached to an aromatic ring is 1. The summed E-state index contributed by atoms with van der Waals surface area (Å²) in [6.45, 7) is 3.92. The van der Waals surface area contributed by atoms with Crippen molar-refractivity contribution in [3.63, 3.8) is 0 Å². The van der Waals surface area contributed by atoms with Gasteiger partial charge in [-0.05, 0) is 53.9 Å². The lowest BCUT2D eigenvalue weighted by molar-refractivity contribution is 0.181. The highest BCUT2D eigenvalue weighted by molar-refractivity contribution is 9.10. The van der Waals surface area contributed by atoms with Crippen LogP contribution in [0.1, 0.15) is 31.4 Å². The number of nitrogens with two attached hydrogens (primary N) is 1. The zero-order valence-corrected chi connectivity index (χ0v) is 20.4. The van der Waals surface area contributed by atoms with E-state index in [9.17, 15) is 4.79 Å². The summed E-state index contributed by atoms with van der Waals surface area (Å²) < 4.78 is 2.41. The molecule has 4 aromatic heterocycles. The highest BCUT2D eigenvalue weighted by atomic mass is 79.9. The molecular weight excluding hydrogens is 496 g/mol. The van der Waals surface area contributed by atoms with Gasteiger partial charge in [-0.3, -0.25) is 9.97 Å². The molecule has 174 valence electrons. The van der Waals surface area contributed by atoms with Crippen LogP contribution < -0.4 is 11.1 Å². The molecule has 1 aliphatic heterocycles. The predicted molar refractivity (Wildman–Crippen MR) is 134 cm³/mol. The first-order valence-electron chi connectivity index (χ1n) is 11.3. The summed E-state index contributed by atoms with van der Waals surface area (Å²) in [4.78, 5) is 27.8. The van der Waals surface area contributed by atoms with Gasteiger partial charge < -0.3 is 16.0 Å². The first-order valence-corrected chi connectivity index (χ1v) is 12.1. The number of carbonyl (C=O) groups is 1. The number of hydrogen-bond acceptors (Lipinski definition) is 6. The van der Waals surface area contributed by atoms with Crippen LogP contribution in [0.15, 0.2) is 53.5 Å². The molecule has 2 amide bonds.